The number of benzene rings is 1. The van der Waals surface area contributed by atoms with Crippen LogP contribution in [-0.2, 0) is 11.2 Å². The van der Waals surface area contributed by atoms with E-state index in [-0.39, 0.29) is 5.91 Å². The molecule has 1 N–H and O–H groups in total. The second kappa shape index (κ2) is 6.72. The predicted octanol–water partition coefficient (Wildman–Crippen LogP) is 3.75. The summed E-state index contributed by atoms with van der Waals surface area (Å²) in [4.78, 5) is 14.9. The molecular weight excluding hydrogens is 324 g/mol. The topological polar surface area (TPSA) is 32.3 Å². The highest BCUT2D eigenvalue weighted by atomic mass is 32.2. The van der Waals surface area contributed by atoms with Crippen molar-refractivity contribution in [2.75, 3.05) is 6.54 Å². The van der Waals surface area contributed by atoms with E-state index in [2.05, 4.69) is 60.5 Å². The van der Waals surface area contributed by atoms with E-state index < -0.39 is 0 Å². The normalized spacial score (nSPS) is 18.1. The fraction of sp³-hybridized carbons (Fsp3) is 0.222. The van der Waals surface area contributed by atoms with Crippen LogP contribution in [0.3, 0.4) is 0 Å². The van der Waals surface area contributed by atoms with Gasteiger partial charge in [-0.3, -0.25) is 4.79 Å². The summed E-state index contributed by atoms with van der Waals surface area (Å²) in [7, 11) is 0. The van der Waals surface area contributed by atoms with Gasteiger partial charge in [0.15, 0.2) is 0 Å². The average molecular weight is 342 g/mol. The van der Waals surface area contributed by atoms with Gasteiger partial charge in [-0.25, -0.2) is 0 Å². The van der Waals surface area contributed by atoms with Gasteiger partial charge in [-0.05, 0) is 43.6 Å². The molecule has 3 nitrogen and oxygen atoms in total. The van der Waals surface area contributed by atoms with E-state index in [1.807, 2.05) is 6.07 Å². The fourth-order valence-electron chi connectivity index (χ4n) is 2.80. The molecule has 0 bridgehead atoms. The standard InChI is InChI=1S/C18H18N2OS2/c1-12-10-15(16-17(21)19-18(22)23-16)11-13(2)20(12)9-8-14-6-4-3-5-7-14/h3-7,10-11H,8-9H2,1-2H3,(H,19,21,22). The lowest BCUT2D eigenvalue weighted by atomic mass is 10.1. The number of hydrogen-bond acceptors (Lipinski definition) is 4. The first-order valence-corrected chi connectivity index (χ1v) is 8.72. The van der Waals surface area contributed by atoms with Crippen molar-refractivity contribution in [3.8, 4) is 0 Å². The Hall–Kier alpha value is -1.85. The van der Waals surface area contributed by atoms with E-state index in [0.29, 0.717) is 9.23 Å². The van der Waals surface area contributed by atoms with Crippen LogP contribution in [0.1, 0.15) is 19.4 Å². The molecule has 1 amide bonds. The number of nitrogens with zero attached hydrogens (tertiary/aromatic N) is 1. The minimum Gasteiger partial charge on any atom is -0.349 e. The van der Waals surface area contributed by atoms with Crippen molar-refractivity contribution >= 4 is 34.2 Å². The van der Waals surface area contributed by atoms with E-state index in [1.54, 1.807) is 0 Å². The lowest BCUT2D eigenvalue weighted by Crippen LogP contribution is -2.25. The zero-order chi connectivity index (χ0) is 16.4. The molecule has 1 aromatic rings. The Balaban J connectivity index is 1.78. The first kappa shape index (κ1) is 16.0. The van der Waals surface area contributed by atoms with Crippen molar-refractivity contribution in [3.63, 3.8) is 0 Å². The quantitative estimate of drug-likeness (QED) is 0.670. The molecule has 0 radical (unpaired) electrons. The van der Waals surface area contributed by atoms with Gasteiger partial charge in [0.05, 0.1) is 4.91 Å². The molecule has 0 unspecified atom stereocenters. The number of amides is 1. The monoisotopic (exact) mass is 342 g/mol. The van der Waals surface area contributed by atoms with Crippen LogP contribution in [0.4, 0.5) is 0 Å². The van der Waals surface area contributed by atoms with Crippen molar-refractivity contribution in [3.05, 3.63) is 69.9 Å². The molecule has 2 aliphatic heterocycles. The Morgan fingerprint density at radius 2 is 1.78 bits per heavy atom. The Kier molecular flexibility index (Phi) is 4.68. The van der Waals surface area contributed by atoms with E-state index >= 15 is 0 Å². The number of thioether (sulfide) groups is 1. The summed E-state index contributed by atoms with van der Waals surface area (Å²) in [5.74, 6) is -0.0964. The number of thiocarbonyl (C=S) groups is 1. The lowest BCUT2D eigenvalue weighted by Gasteiger charge is -2.30. The summed E-state index contributed by atoms with van der Waals surface area (Å²) in [6.07, 6.45) is 5.12. The van der Waals surface area contributed by atoms with Gasteiger partial charge in [0.1, 0.15) is 4.32 Å². The molecule has 3 rings (SSSR count). The zero-order valence-corrected chi connectivity index (χ0v) is 14.8. The molecule has 0 spiro atoms. The Morgan fingerprint density at radius 1 is 1.13 bits per heavy atom. The number of rotatable bonds is 3. The molecule has 1 saturated heterocycles. The molecule has 5 heteroatoms. The van der Waals surface area contributed by atoms with E-state index in [4.69, 9.17) is 12.2 Å². The van der Waals surface area contributed by atoms with Crippen LogP contribution < -0.4 is 5.32 Å². The molecule has 2 aliphatic rings. The van der Waals surface area contributed by atoms with Gasteiger partial charge in [-0.1, -0.05) is 54.3 Å². The zero-order valence-electron chi connectivity index (χ0n) is 13.1. The first-order chi connectivity index (χ1) is 11.0. The molecule has 0 aliphatic carbocycles. The smallest absolute Gasteiger partial charge is 0.264 e. The minimum atomic E-state index is -0.0964. The molecule has 0 aromatic heterocycles. The number of nitrogens with one attached hydrogen (secondary N) is 1. The van der Waals surface area contributed by atoms with Gasteiger partial charge in [0, 0.05) is 17.9 Å². The highest BCUT2D eigenvalue weighted by molar-refractivity contribution is 8.26. The van der Waals surface area contributed by atoms with Crippen LogP contribution in [0, 0.1) is 0 Å². The summed E-state index contributed by atoms with van der Waals surface area (Å²) >= 11 is 6.40. The second-order valence-corrected chi connectivity index (χ2v) is 7.27. The summed E-state index contributed by atoms with van der Waals surface area (Å²) in [5.41, 5.74) is 4.57. The SMILES string of the molecule is CC1=CC(=C2SC(=S)NC2=O)C=C(C)N1CCc1ccccc1. The third-order valence-corrected chi connectivity index (χ3v) is 5.19. The average Bonchev–Trinajstić information content (AvgIpc) is 2.86. The van der Waals surface area contributed by atoms with Crippen LogP contribution in [0.25, 0.3) is 0 Å². The van der Waals surface area contributed by atoms with Gasteiger partial charge < -0.3 is 10.2 Å². The predicted molar refractivity (Wildman–Crippen MR) is 99.7 cm³/mol. The van der Waals surface area contributed by atoms with Crippen molar-refractivity contribution in [2.24, 2.45) is 0 Å². The molecule has 0 saturated carbocycles. The Bertz CT molecular complexity index is 726. The van der Waals surface area contributed by atoms with Gasteiger partial charge in [0.2, 0.25) is 0 Å². The second-order valence-electron chi connectivity index (χ2n) is 5.59. The molecule has 1 aromatic carbocycles. The summed E-state index contributed by atoms with van der Waals surface area (Å²) in [5, 5.41) is 2.68. The highest BCUT2D eigenvalue weighted by Crippen LogP contribution is 2.32. The van der Waals surface area contributed by atoms with Crippen molar-refractivity contribution in [1.29, 1.82) is 0 Å². The van der Waals surface area contributed by atoms with Crippen molar-refractivity contribution in [1.82, 2.24) is 10.2 Å². The van der Waals surface area contributed by atoms with Gasteiger partial charge in [-0.2, -0.15) is 0 Å². The van der Waals surface area contributed by atoms with E-state index in [1.165, 1.54) is 17.3 Å². The molecule has 0 atom stereocenters. The Labute approximate surface area is 146 Å². The van der Waals surface area contributed by atoms with E-state index in [9.17, 15) is 4.79 Å². The molecule has 1 fully saturated rings. The van der Waals surface area contributed by atoms with Gasteiger partial charge >= 0.3 is 0 Å². The fourth-order valence-corrected chi connectivity index (χ4v) is 3.85. The van der Waals surface area contributed by atoms with Crippen LogP contribution in [0.15, 0.2) is 64.4 Å². The summed E-state index contributed by atoms with van der Waals surface area (Å²) in [6.45, 7) is 5.09. The van der Waals surface area contributed by atoms with Crippen LogP contribution in [0.2, 0.25) is 0 Å². The summed E-state index contributed by atoms with van der Waals surface area (Å²) in [6, 6.07) is 10.5. The van der Waals surface area contributed by atoms with E-state index in [0.717, 1.165) is 29.9 Å². The molecule has 118 valence electrons. The molecule has 23 heavy (non-hydrogen) atoms. The maximum atomic E-state index is 11.9. The van der Waals surface area contributed by atoms with Crippen LogP contribution in [-0.4, -0.2) is 21.7 Å². The Morgan fingerprint density at radius 3 is 2.35 bits per heavy atom. The minimum absolute atomic E-state index is 0.0964. The lowest BCUT2D eigenvalue weighted by molar-refractivity contribution is -0.115. The highest BCUT2D eigenvalue weighted by Gasteiger charge is 2.26. The number of hydrogen-bond donors (Lipinski definition) is 1. The maximum absolute atomic E-state index is 11.9. The largest absolute Gasteiger partial charge is 0.349 e. The van der Waals surface area contributed by atoms with Crippen LogP contribution in [0.5, 0.6) is 0 Å². The van der Waals surface area contributed by atoms with Crippen molar-refractivity contribution < 1.29 is 4.79 Å². The molecule has 2 heterocycles. The number of allylic oxidation sites excluding steroid dienone is 5. The first-order valence-electron chi connectivity index (χ1n) is 7.50. The van der Waals surface area contributed by atoms with Gasteiger partial charge in [-0.15, -0.1) is 0 Å². The van der Waals surface area contributed by atoms with Crippen LogP contribution >= 0.6 is 24.0 Å². The third kappa shape index (κ3) is 3.57. The van der Waals surface area contributed by atoms with Crippen molar-refractivity contribution in [2.45, 2.75) is 20.3 Å². The molecular formula is C18H18N2OS2. The third-order valence-electron chi connectivity index (χ3n) is 3.93. The summed E-state index contributed by atoms with van der Waals surface area (Å²) < 4.78 is 0.529. The maximum Gasteiger partial charge on any atom is 0.264 e. The van der Waals surface area contributed by atoms with Gasteiger partial charge in [0.25, 0.3) is 5.91 Å². The number of carbonyl (C=O) groups excluding carboxylic acids is 1. The number of carbonyl (C=O) groups is 1.